The topological polar surface area (TPSA) is 61.4 Å². The van der Waals surface area contributed by atoms with Gasteiger partial charge >= 0.3 is 6.03 Å². The highest BCUT2D eigenvalue weighted by atomic mass is 19.1. The van der Waals surface area contributed by atoms with Gasteiger partial charge < -0.3 is 15.7 Å². The Labute approximate surface area is 144 Å². The molecule has 4 aliphatic carbocycles. The molecule has 2 amide bonds. The summed E-state index contributed by atoms with van der Waals surface area (Å²) in [5.74, 6) is 0.371. The maximum atomic E-state index is 12.7. The Hall–Kier alpha value is -1.10. The summed E-state index contributed by atoms with van der Waals surface area (Å²) in [4.78, 5) is 12.2. The van der Waals surface area contributed by atoms with E-state index in [0.29, 0.717) is 18.4 Å². The molecular weight excluding hydrogens is 307 g/mol. The van der Waals surface area contributed by atoms with Crippen LogP contribution in [0.5, 0.6) is 0 Å². The first-order valence-electron chi connectivity index (χ1n) is 9.56. The summed E-state index contributed by atoms with van der Waals surface area (Å²) in [6, 6.07) is -0.0176. The number of allylic oxidation sites excluding steroid dienone is 1. The monoisotopic (exact) mass is 338 g/mol. The number of rotatable bonds is 8. The van der Waals surface area contributed by atoms with E-state index in [2.05, 4.69) is 10.6 Å². The molecule has 24 heavy (non-hydrogen) atoms. The number of amides is 2. The smallest absolute Gasteiger partial charge is 0.315 e. The van der Waals surface area contributed by atoms with Gasteiger partial charge in [0.05, 0.1) is 6.61 Å². The molecule has 0 aromatic heterocycles. The van der Waals surface area contributed by atoms with E-state index in [-0.39, 0.29) is 11.6 Å². The number of unbranched alkanes of at least 4 members (excludes halogenated alkanes) is 3. The number of hydrogen-bond donors (Lipinski definition) is 3. The molecule has 1 spiro atoms. The predicted molar refractivity (Wildman–Crippen MR) is 92.3 cm³/mol. The first-order chi connectivity index (χ1) is 11.5. The highest BCUT2D eigenvalue weighted by molar-refractivity contribution is 5.75. The maximum Gasteiger partial charge on any atom is 0.315 e. The SMILES string of the molecule is O=C(NCCCCC/C=C(\F)CO)NC12CC3CCCC(C3)(C1)C2. The number of nitrogens with one attached hydrogen (secondary N) is 2. The lowest BCUT2D eigenvalue weighted by molar-refractivity contribution is -0.103. The van der Waals surface area contributed by atoms with Gasteiger partial charge in [0.15, 0.2) is 0 Å². The number of urea groups is 1. The molecule has 4 saturated carbocycles. The van der Waals surface area contributed by atoms with E-state index in [4.69, 9.17) is 5.11 Å². The third-order valence-corrected chi connectivity index (χ3v) is 6.21. The summed E-state index contributed by atoms with van der Waals surface area (Å²) in [5.41, 5.74) is 0.645. The van der Waals surface area contributed by atoms with E-state index in [1.807, 2.05) is 0 Å². The molecule has 3 N–H and O–H groups in total. The van der Waals surface area contributed by atoms with E-state index in [1.54, 1.807) is 0 Å². The number of carbonyl (C=O) groups is 1. The van der Waals surface area contributed by atoms with Crippen LogP contribution < -0.4 is 10.6 Å². The van der Waals surface area contributed by atoms with E-state index >= 15 is 0 Å². The Morgan fingerprint density at radius 1 is 1.25 bits per heavy atom. The van der Waals surface area contributed by atoms with Crippen LogP contribution in [0.2, 0.25) is 0 Å². The van der Waals surface area contributed by atoms with Gasteiger partial charge in [-0.15, -0.1) is 0 Å². The lowest BCUT2D eigenvalue weighted by Crippen LogP contribution is -2.68. The summed E-state index contributed by atoms with van der Waals surface area (Å²) in [7, 11) is 0. The van der Waals surface area contributed by atoms with Crippen LogP contribution in [-0.2, 0) is 0 Å². The average molecular weight is 338 g/mol. The molecule has 0 saturated heterocycles. The zero-order chi connectivity index (χ0) is 17.0. The second-order valence-electron chi connectivity index (χ2n) is 8.34. The van der Waals surface area contributed by atoms with Gasteiger partial charge in [0.2, 0.25) is 0 Å². The minimum absolute atomic E-state index is 0.0176. The van der Waals surface area contributed by atoms with Crippen molar-refractivity contribution in [3.63, 3.8) is 0 Å². The summed E-state index contributed by atoms with van der Waals surface area (Å²) in [5, 5.41) is 14.8. The van der Waals surface area contributed by atoms with E-state index < -0.39 is 12.4 Å². The van der Waals surface area contributed by atoms with Crippen LogP contribution in [0.1, 0.15) is 70.6 Å². The molecule has 0 aliphatic heterocycles. The van der Waals surface area contributed by atoms with E-state index in [0.717, 1.165) is 25.2 Å². The lowest BCUT2D eigenvalue weighted by Gasteiger charge is -2.65. The van der Waals surface area contributed by atoms with Gasteiger partial charge in [0, 0.05) is 12.1 Å². The van der Waals surface area contributed by atoms with Gasteiger partial charge in [-0.3, -0.25) is 0 Å². The van der Waals surface area contributed by atoms with Crippen molar-refractivity contribution in [2.24, 2.45) is 11.3 Å². The van der Waals surface area contributed by atoms with Crippen molar-refractivity contribution in [1.29, 1.82) is 0 Å². The van der Waals surface area contributed by atoms with Gasteiger partial charge in [-0.25, -0.2) is 9.18 Å². The molecule has 4 fully saturated rings. The Kier molecular flexibility index (Phi) is 5.48. The van der Waals surface area contributed by atoms with Crippen molar-refractivity contribution in [1.82, 2.24) is 10.6 Å². The summed E-state index contributed by atoms with van der Waals surface area (Å²) in [6.07, 6.45) is 13.8. The van der Waals surface area contributed by atoms with Crippen molar-refractivity contribution in [2.45, 2.75) is 76.2 Å². The Morgan fingerprint density at radius 3 is 2.83 bits per heavy atom. The predicted octanol–water partition coefficient (Wildman–Crippen LogP) is 3.80. The number of halogens is 1. The molecule has 1 atom stereocenters. The van der Waals surface area contributed by atoms with Gasteiger partial charge in [-0.2, -0.15) is 0 Å². The number of carbonyl (C=O) groups excluding carboxylic acids is 1. The molecule has 136 valence electrons. The zero-order valence-electron chi connectivity index (χ0n) is 14.6. The zero-order valence-corrected chi connectivity index (χ0v) is 14.6. The van der Waals surface area contributed by atoms with E-state index in [1.165, 1.54) is 51.0 Å². The molecule has 0 aromatic carbocycles. The molecule has 1 unspecified atom stereocenters. The molecule has 0 aromatic rings. The fourth-order valence-electron chi connectivity index (χ4n) is 5.55. The highest BCUT2D eigenvalue weighted by Crippen LogP contribution is 2.65. The van der Waals surface area contributed by atoms with Crippen LogP contribution in [0.4, 0.5) is 9.18 Å². The number of aliphatic hydroxyl groups is 1. The lowest BCUT2D eigenvalue weighted by atomic mass is 9.43. The van der Waals surface area contributed by atoms with Crippen molar-refractivity contribution < 1.29 is 14.3 Å². The molecule has 0 radical (unpaired) electrons. The van der Waals surface area contributed by atoms with Crippen molar-refractivity contribution in [3.8, 4) is 0 Å². The van der Waals surface area contributed by atoms with Crippen LogP contribution >= 0.6 is 0 Å². The van der Waals surface area contributed by atoms with Crippen LogP contribution in [0.3, 0.4) is 0 Å². The van der Waals surface area contributed by atoms with Gasteiger partial charge in [-0.05, 0) is 62.7 Å². The number of aliphatic hydroxyl groups excluding tert-OH is 1. The van der Waals surface area contributed by atoms with Crippen molar-refractivity contribution in [3.05, 3.63) is 11.9 Å². The van der Waals surface area contributed by atoms with Crippen LogP contribution in [0.25, 0.3) is 0 Å². The molecule has 3 bridgehead atoms. The van der Waals surface area contributed by atoms with Crippen LogP contribution in [0.15, 0.2) is 11.9 Å². The molecule has 4 nitrogen and oxygen atoms in total. The third kappa shape index (κ3) is 4.11. The maximum absolute atomic E-state index is 12.7. The molecule has 4 aliphatic rings. The highest BCUT2D eigenvalue weighted by Gasteiger charge is 2.61. The average Bonchev–Trinajstić information content (AvgIpc) is 2.51. The molecule has 4 rings (SSSR count). The molecular formula is C19H31FN2O2. The van der Waals surface area contributed by atoms with Gasteiger partial charge in [0.25, 0.3) is 0 Å². The third-order valence-electron chi connectivity index (χ3n) is 6.21. The first-order valence-corrected chi connectivity index (χ1v) is 9.56. The van der Waals surface area contributed by atoms with Gasteiger partial charge in [0.1, 0.15) is 5.83 Å². The fourth-order valence-corrected chi connectivity index (χ4v) is 5.55. The number of hydrogen-bond acceptors (Lipinski definition) is 2. The Bertz CT molecular complexity index is 480. The first kappa shape index (κ1) is 17.7. The van der Waals surface area contributed by atoms with Crippen molar-refractivity contribution >= 4 is 6.03 Å². The molecule has 0 heterocycles. The Balaban J connectivity index is 1.29. The Morgan fingerprint density at radius 2 is 2.08 bits per heavy atom. The summed E-state index contributed by atoms with van der Waals surface area (Å²) in [6.45, 7) is 0.161. The molecule has 5 heteroatoms. The standard InChI is InChI=1S/C19H31FN2O2/c20-16(12-23)7-3-1-2-4-9-21-17(24)22-19-11-15-6-5-8-18(10-15,13-19)14-19/h7,15,23H,1-6,8-14H2,(H2,21,22,24)/b16-7-. The normalized spacial score (nSPS) is 34.4. The van der Waals surface area contributed by atoms with E-state index in [9.17, 15) is 9.18 Å². The second kappa shape index (κ2) is 7.42. The van der Waals surface area contributed by atoms with Crippen LogP contribution in [0, 0.1) is 11.3 Å². The second-order valence-corrected chi connectivity index (χ2v) is 8.34. The van der Waals surface area contributed by atoms with Gasteiger partial charge in [-0.1, -0.05) is 25.3 Å². The quantitative estimate of drug-likeness (QED) is 0.590. The summed E-state index contributed by atoms with van der Waals surface area (Å²) < 4.78 is 12.7. The van der Waals surface area contributed by atoms with Crippen molar-refractivity contribution in [2.75, 3.05) is 13.2 Å². The van der Waals surface area contributed by atoms with Crippen LogP contribution in [-0.4, -0.2) is 29.8 Å². The minimum atomic E-state index is -0.508. The minimum Gasteiger partial charge on any atom is -0.389 e. The largest absolute Gasteiger partial charge is 0.389 e. The summed E-state index contributed by atoms with van der Waals surface area (Å²) >= 11 is 0. The fraction of sp³-hybridized carbons (Fsp3) is 0.842.